The van der Waals surface area contributed by atoms with Crippen molar-refractivity contribution in [2.24, 2.45) is 0 Å². The fourth-order valence-electron chi connectivity index (χ4n) is 2.95. The van der Waals surface area contributed by atoms with Gasteiger partial charge >= 0.3 is 5.97 Å². The standard InChI is InChI=1S/C24H25NO4S/c1-4-28-24(27)20-15-21(16(2)18-11-7-5-8-12-18)30-23(20)25-22(26)17(3)29-19-13-9-6-10-14-19/h5-17H,4H2,1-3H3,(H,25,26). The highest BCUT2D eigenvalue weighted by molar-refractivity contribution is 7.16. The zero-order valence-corrected chi connectivity index (χ0v) is 18.1. The number of esters is 1. The van der Waals surface area contributed by atoms with Gasteiger partial charge in [-0.2, -0.15) is 0 Å². The lowest BCUT2D eigenvalue weighted by Gasteiger charge is -2.14. The van der Waals surface area contributed by atoms with Crippen molar-refractivity contribution in [3.05, 3.63) is 82.7 Å². The molecule has 0 radical (unpaired) electrons. The van der Waals surface area contributed by atoms with Gasteiger partial charge in [0, 0.05) is 10.8 Å². The molecule has 0 aliphatic rings. The maximum Gasteiger partial charge on any atom is 0.341 e. The highest BCUT2D eigenvalue weighted by Gasteiger charge is 2.24. The minimum atomic E-state index is -0.723. The summed E-state index contributed by atoms with van der Waals surface area (Å²) in [5.74, 6) is -0.0966. The van der Waals surface area contributed by atoms with Crippen molar-refractivity contribution in [2.75, 3.05) is 11.9 Å². The predicted molar refractivity (Wildman–Crippen MR) is 119 cm³/mol. The van der Waals surface area contributed by atoms with Gasteiger partial charge in [0.1, 0.15) is 10.8 Å². The van der Waals surface area contributed by atoms with E-state index < -0.39 is 12.1 Å². The van der Waals surface area contributed by atoms with E-state index in [2.05, 4.69) is 12.2 Å². The number of hydrogen-bond acceptors (Lipinski definition) is 5. The van der Waals surface area contributed by atoms with Gasteiger partial charge in [0.15, 0.2) is 6.10 Å². The Morgan fingerprint density at radius 3 is 2.27 bits per heavy atom. The molecular formula is C24H25NO4S. The van der Waals surface area contributed by atoms with E-state index in [0.29, 0.717) is 16.3 Å². The van der Waals surface area contributed by atoms with Gasteiger partial charge in [-0.1, -0.05) is 55.5 Å². The molecule has 0 saturated carbocycles. The third kappa shape index (κ3) is 5.27. The average molecular weight is 424 g/mol. The van der Waals surface area contributed by atoms with Crippen LogP contribution in [0.5, 0.6) is 5.75 Å². The smallest absolute Gasteiger partial charge is 0.341 e. The Hall–Kier alpha value is -3.12. The zero-order chi connectivity index (χ0) is 21.5. The van der Waals surface area contributed by atoms with Crippen molar-refractivity contribution >= 4 is 28.2 Å². The molecule has 2 unspecified atom stereocenters. The molecule has 0 aliphatic heterocycles. The molecule has 30 heavy (non-hydrogen) atoms. The SMILES string of the molecule is CCOC(=O)c1cc(C(C)c2ccccc2)sc1NC(=O)C(C)Oc1ccccc1. The van der Waals surface area contributed by atoms with Crippen LogP contribution in [-0.4, -0.2) is 24.6 Å². The van der Waals surface area contributed by atoms with Crippen LogP contribution in [0.3, 0.4) is 0 Å². The van der Waals surface area contributed by atoms with Gasteiger partial charge in [0.05, 0.1) is 12.2 Å². The number of ether oxygens (including phenoxy) is 2. The van der Waals surface area contributed by atoms with Gasteiger partial charge in [-0.3, -0.25) is 4.79 Å². The second-order valence-corrected chi connectivity index (χ2v) is 7.89. The summed E-state index contributed by atoms with van der Waals surface area (Å²) in [7, 11) is 0. The van der Waals surface area contributed by atoms with Crippen LogP contribution in [-0.2, 0) is 9.53 Å². The van der Waals surface area contributed by atoms with Crippen LogP contribution in [0.4, 0.5) is 5.00 Å². The largest absolute Gasteiger partial charge is 0.481 e. The number of amides is 1. The molecule has 1 heterocycles. The van der Waals surface area contributed by atoms with Crippen LogP contribution in [0.2, 0.25) is 0 Å². The number of para-hydroxylation sites is 1. The van der Waals surface area contributed by atoms with Crippen LogP contribution in [0, 0.1) is 0 Å². The van der Waals surface area contributed by atoms with Gasteiger partial charge in [-0.25, -0.2) is 4.79 Å². The van der Waals surface area contributed by atoms with E-state index in [9.17, 15) is 9.59 Å². The minimum Gasteiger partial charge on any atom is -0.481 e. The molecule has 1 aromatic heterocycles. The van der Waals surface area contributed by atoms with Crippen LogP contribution >= 0.6 is 11.3 Å². The van der Waals surface area contributed by atoms with E-state index in [1.54, 1.807) is 32.0 Å². The van der Waals surface area contributed by atoms with Crippen LogP contribution in [0.1, 0.15) is 47.5 Å². The van der Waals surface area contributed by atoms with Crippen LogP contribution in [0.25, 0.3) is 0 Å². The zero-order valence-electron chi connectivity index (χ0n) is 17.3. The number of carbonyl (C=O) groups is 2. The van der Waals surface area contributed by atoms with E-state index >= 15 is 0 Å². The summed E-state index contributed by atoms with van der Waals surface area (Å²) >= 11 is 1.38. The summed E-state index contributed by atoms with van der Waals surface area (Å²) in [4.78, 5) is 26.2. The first-order chi connectivity index (χ1) is 14.5. The van der Waals surface area contributed by atoms with Crippen molar-refractivity contribution in [3.63, 3.8) is 0 Å². The van der Waals surface area contributed by atoms with E-state index in [1.165, 1.54) is 11.3 Å². The molecule has 156 valence electrons. The molecule has 0 aliphatic carbocycles. The first kappa shape index (κ1) is 21.6. The molecule has 3 aromatic rings. The molecule has 5 nitrogen and oxygen atoms in total. The molecule has 0 fully saturated rings. The molecule has 6 heteroatoms. The van der Waals surface area contributed by atoms with Gasteiger partial charge in [0.25, 0.3) is 5.91 Å². The lowest BCUT2D eigenvalue weighted by molar-refractivity contribution is -0.122. The van der Waals surface area contributed by atoms with Crippen molar-refractivity contribution in [3.8, 4) is 5.75 Å². The molecule has 0 bridgehead atoms. The van der Waals surface area contributed by atoms with Crippen LogP contribution < -0.4 is 10.1 Å². The third-order valence-corrected chi connectivity index (χ3v) is 5.87. The van der Waals surface area contributed by atoms with Crippen molar-refractivity contribution < 1.29 is 19.1 Å². The number of hydrogen-bond donors (Lipinski definition) is 1. The van der Waals surface area contributed by atoms with Gasteiger partial charge in [0.2, 0.25) is 0 Å². The second kappa shape index (κ2) is 10.1. The Morgan fingerprint density at radius 2 is 1.63 bits per heavy atom. The van der Waals surface area contributed by atoms with Crippen molar-refractivity contribution in [1.82, 2.24) is 0 Å². The Morgan fingerprint density at radius 1 is 1.00 bits per heavy atom. The first-order valence-corrected chi connectivity index (χ1v) is 10.7. The Kier molecular flexibility index (Phi) is 7.25. The number of nitrogens with one attached hydrogen (secondary N) is 1. The quantitative estimate of drug-likeness (QED) is 0.487. The molecule has 0 saturated heterocycles. The van der Waals surface area contributed by atoms with E-state index in [1.807, 2.05) is 48.5 Å². The predicted octanol–water partition coefficient (Wildman–Crippen LogP) is 5.48. The Labute approximate surface area is 180 Å². The molecular weight excluding hydrogens is 398 g/mol. The third-order valence-electron chi connectivity index (χ3n) is 4.63. The number of rotatable bonds is 8. The number of carbonyl (C=O) groups excluding carboxylic acids is 2. The minimum absolute atomic E-state index is 0.0769. The molecule has 3 rings (SSSR count). The average Bonchev–Trinajstić information content (AvgIpc) is 3.18. The monoisotopic (exact) mass is 423 g/mol. The number of thiophene rings is 1. The van der Waals surface area contributed by atoms with E-state index in [-0.39, 0.29) is 18.4 Å². The summed E-state index contributed by atoms with van der Waals surface area (Å²) < 4.78 is 10.9. The molecule has 0 spiro atoms. The Bertz CT molecular complexity index is 985. The Balaban J connectivity index is 1.82. The summed E-state index contributed by atoms with van der Waals surface area (Å²) in [5.41, 5.74) is 1.49. The second-order valence-electron chi connectivity index (χ2n) is 6.81. The molecule has 1 N–H and O–H groups in total. The maximum absolute atomic E-state index is 12.7. The topological polar surface area (TPSA) is 64.6 Å². The lowest BCUT2D eigenvalue weighted by atomic mass is 9.99. The van der Waals surface area contributed by atoms with Crippen molar-refractivity contribution in [1.29, 1.82) is 0 Å². The molecule has 2 aromatic carbocycles. The van der Waals surface area contributed by atoms with E-state index in [0.717, 1.165) is 10.4 Å². The van der Waals surface area contributed by atoms with Crippen molar-refractivity contribution in [2.45, 2.75) is 32.8 Å². The van der Waals surface area contributed by atoms with E-state index in [4.69, 9.17) is 9.47 Å². The number of anilines is 1. The summed E-state index contributed by atoms with van der Waals surface area (Å²) in [6, 6.07) is 21.0. The lowest BCUT2D eigenvalue weighted by Crippen LogP contribution is -2.30. The fourth-order valence-corrected chi connectivity index (χ4v) is 4.08. The number of benzene rings is 2. The first-order valence-electron chi connectivity index (χ1n) is 9.88. The highest BCUT2D eigenvalue weighted by atomic mass is 32.1. The molecule has 2 atom stereocenters. The summed E-state index contributed by atoms with van der Waals surface area (Å²) in [5, 5.41) is 3.32. The fraction of sp³-hybridized carbons (Fsp3) is 0.250. The van der Waals surface area contributed by atoms with Gasteiger partial charge in [-0.05, 0) is 37.6 Å². The summed E-state index contributed by atoms with van der Waals surface area (Å²) in [6.07, 6.45) is -0.723. The maximum atomic E-state index is 12.7. The van der Waals surface area contributed by atoms with Gasteiger partial charge in [-0.15, -0.1) is 11.3 Å². The normalized spacial score (nSPS) is 12.6. The van der Waals surface area contributed by atoms with Crippen LogP contribution in [0.15, 0.2) is 66.7 Å². The van der Waals surface area contributed by atoms with Gasteiger partial charge < -0.3 is 14.8 Å². The highest BCUT2D eigenvalue weighted by Crippen LogP contribution is 2.36. The summed E-state index contributed by atoms with van der Waals surface area (Å²) in [6.45, 7) is 5.77. The molecule has 1 amide bonds.